The Balaban J connectivity index is 2.35. The van der Waals surface area contributed by atoms with Gasteiger partial charge in [-0.2, -0.15) is 0 Å². The van der Waals surface area contributed by atoms with Gasteiger partial charge in [0.2, 0.25) is 0 Å². The van der Waals surface area contributed by atoms with Crippen LogP contribution in [0.3, 0.4) is 0 Å². The summed E-state index contributed by atoms with van der Waals surface area (Å²) in [5.41, 5.74) is 0.0160. The predicted molar refractivity (Wildman–Crippen MR) is 87.1 cm³/mol. The number of nitro groups is 1. The Labute approximate surface area is 138 Å². The third-order valence-corrected chi connectivity index (χ3v) is 3.30. The Hall–Kier alpha value is -3.29. The molecule has 0 atom stereocenters. The Morgan fingerprint density at radius 3 is 2.21 bits per heavy atom. The second-order valence-corrected chi connectivity index (χ2v) is 4.66. The molecule has 0 radical (unpaired) electrons. The molecule has 1 amide bonds. The minimum absolute atomic E-state index is 0.0590. The van der Waals surface area contributed by atoms with Crippen molar-refractivity contribution < 1.29 is 23.9 Å². The molecule has 0 heterocycles. The number of ether oxygens (including phenoxy) is 3. The number of methoxy groups -OCH3 is 3. The van der Waals surface area contributed by atoms with Crippen LogP contribution in [0.2, 0.25) is 0 Å². The topological polar surface area (TPSA) is 99.9 Å². The molecule has 0 aliphatic heterocycles. The van der Waals surface area contributed by atoms with Gasteiger partial charge in [0.1, 0.15) is 22.9 Å². The monoisotopic (exact) mass is 332 g/mol. The summed E-state index contributed by atoms with van der Waals surface area (Å²) in [7, 11) is 4.32. The molecular weight excluding hydrogens is 316 g/mol. The predicted octanol–water partition coefficient (Wildman–Crippen LogP) is 2.87. The Kier molecular flexibility index (Phi) is 5.20. The smallest absolute Gasteiger partial charge is 0.296 e. The SMILES string of the molecule is COc1ccc(C(=O)Nc2ccc(OC)cc2[N+](=O)[O-])c(OC)c1. The van der Waals surface area contributed by atoms with E-state index < -0.39 is 10.8 Å². The third kappa shape index (κ3) is 3.54. The van der Waals surface area contributed by atoms with E-state index in [4.69, 9.17) is 14.2 Å². The summed E-state index contributed by atoms with van der Waals surface area (Å²) < 4.78 is 15.2. The molecule has 2 rings (SSSR count). The molecule has 2 aromatic carbocycles. The fraction of sp³-hybridized carbons (Fsp3) is 0.188. The molecule has 126 valence electrons. The van der Waals surface area contributed by atoms with Crippen molar-refractivity contribution in [1.82, 2.24) is 0 Å². The fourth-order valence-electron chi connectivity index (χ4n) is 2.07. The molecule has 0 spiro atoms. The van der Waals surface area contributed by atoms with Crippen LogP contribution in [-0.4, -0.2) is 32.2 Å². The molecule has 1 N–H and O–H groups in total. The molecule has 0 fully saturated rings. The number of benzene rings is 2. The number of hydrogen-bond donors (Lipinski definition) is 1. The second kappa shape index (κ2) is 7.32. The van der Waals surface area contributed by atoms with Gasteiger partial charge in [0, 0.05) is 6.07 Å². The molecule has 0 saturated heterocycles. The van der Waals surface area contributed by atoms with E-state index >= 15 is 0 Å². The van der Waals surface area contributed by atoms with E-state index in [0.717, 1.165) is 0 Å². The average Bonchev–Trinajstić information content (AvgIpc) is 2.61. The van der Waals surface area contributed by atoms with E-state index in [1.807, 2.05) is 0 Å². The minimum Gasteiger partial charge on any atom is -0.497 e. The van der Waals surface area contributed by atoms with Gasteiger partial charge in [-0.1, -0.05) is 0 Å². The molecule has 8 nitrogen and oxygen atoms in total. The number of anilines is 1. The number of hydrogen-bond acceptors (Lipinski definition) is 6. The van der Waals surface area contributed by atoms with Gasteiger partial charge in [0.15, 0.2) is 0 Å². The van der Waals surface area contributed by atoms with Crippen LogP contribution in [0.15, 0.2) is 36.4 Å². The maximum atomic E-state index is 12.4. The van der Waals surface area contributed by atoms with Crippen LogP contribution in [0, 0.1) is 10.1 Å². The number of nitro benzene ring substituents is 1. The molecule has 0 unspecified atom stereocenters. The van der Waals surface area contributed by atoms with Gasteiger partial charge >= 0.3 is 0 Å². The van der Waals surface area contributed by atoms with Crippen LogP contribution in [0.4, 0.5) is 11.4 Å². The first-order valence-corrected chi connectivity index (χ1v) is 6.86. The first-order chi connectivity index (χ1) is 11.5. The molecule has 0 aliphatic rings. The first kappa shape index (κ1) is 17.1. The number of amides is 1. The van der Waals surface area contributed by atoms with Crippen LogP contribution in [0.5, 0.6) is 17.2 Å². The summed E-state index contributed by atoms with van der Waals surface area (Å²) in [5.74, 6) is 0.603. The molecule has 0 aromatic heterocycles. The molecule has 2 aromatic rings. The van der Waals surface area contributed by atoms with Crippen LogP contribution in [0.1, 0.15) is 10.4 Å². The molecule has 0 saturated carbocycles. The van der Waals surface area contributed by atoms with Crippen LogP contribution >= 0.6 is 0 Å². The van der Waals surface area contributed by atoms with Crippen molar-refractivity contribution in [3.05, 3.63) is 52.1 Å². The highest BCUT2D eigenvalue weighted by molar-refractivity contribution is 6.07. The summed E-state index contributed by atoms with van der Waals surface area (Å²) in [6.07, 6.45) is 0. The van der Waals surface area contributed by atoms with Crippen molar-refractivity contribution >= 4 is 17.3 Å². The highest BCUT2D eigenvalue weighted by Crippen LogP contribution is 2.31. The van der Waals surface area contributed by atoms with E-state index in [2.05, 4.69) is 5.32 Å². The largest absolute Gasteiger partial charge is 0.497 e. The minimum atomic E-state index is -0.594. The highest BCUT2D eigenvalue weighted by atomic mass is 16.6. The van der Waals surface area contributed by atoms with Gasteiger partial charge in [-0.3, -0.25) is 14.9 Å². The zero-order chi connectivity index (χ0) is 17.7. The normalized spacial score (nSPS) is 9.96. The van der Waals surface area contributed by atoms with E-state index in [1.165, 1.54) is 45.6 Å². The van der Waals surface area contributed by atoms with Crippen LogP contribution in [0.25, 0.3) is 0 Å². The van der Waals surface area contributed by atoms with Crippen molar-refractivity contribution in [3.63, 3.8) is 0 Å². The Morgan fingerprint density at radius 1 is 1.00 bits per heavy atom. The summed E-state index contributed by atoms with van der Waals surface area (Å²) in [4.78, 5) is 23.0. The number of carbonyl (C=O) groups excluding carboxylic acids is 1. The number of nitrogens with one attached hydrogen (secondary N) is 1. The summed E-state index contributed by atoms with van der Waals surface area (Å²) in [5, 5.41) is 13.7. The first-order valence-electron chi connectivity index (χ1n) is 6.86. The molecule has 0 aliphatic carbocycles. The number of nitrogens with zero attached hydrogens (tertiary/aromatic N) is 1. The van der Waals surface area contributed by atoms with Crippen molar-refractivity contribution in [2.24, 2.45) is 0 Å². The lowest BCUT2D eigenvalue weighted by atomic mass is 10.1. The fourth-order valence-corrected chi connectivity index (χ4v) is 2.07. The summed E-state index contributed by atoms with van der Waals surface area (Å²) in [6, 6.07) is 8.83. The lowest BCUT2D eigenvalue weighted by molar-refractivity contribution is -0.384. The third-order valence-electron chi connectivity index (χ3n) is 3.30. The van der Waals surface area contributed by atoms with Crippen molar-refractivity contribution in [1.29, 1.82) is 0 Å². The van der Waals surface area contributed by atoms with Crippen molar-refractivity contribution in [2.45, 2.75) is 0 Å². The number of carbonyl (C=O) groups is 1. The molecule has 24 heavy (non-hydrogen) atoms. The summed E-state index contributed by atoms with van der Waals surface area (Å²) >= 11 is 0. The van der Waals surface area contributed by atoms with E-state index in [0.29, 0.717) is 17.2 Å². The van der Waals surface area contributed by atoms with Gasteiger partial charge < -0.3 is 19.5 Å². The van der Waals surface area contributed by atoms with E-state index in [1.54, 1.807) is 12.1 Å². The lowest BCUT2D eigenvalue weighted by Crippen LogP contribution is -2.14. The highest BCUT2D eigenvalue weighted by Gasteiger charge is 2.20. The maximum absolute atomic E-state index is 12.4. The van der Waals surface area contributed by atoms with Gasteiger partial charge in [0.25, 0.3) is 11.6 Å². The van der Waals surface area contributed by atoms with Crippen LogP contribution < -0.4 is 19.5 Å². The second-order valence-electron chi connectivity index (χ2n) is 4.66. The molecular formula is C16H16N2O6. The lowest BCUT2D eigenvalue weighted by Gasteiger charge is -2.11. The molecule has 0 bridgehead atoms. The van der Waals surface area contributed by atoms with E-state index in [-0.39, 0.29) is 16.9 Å². The average molecular weight is 332 g/mol. The Bertz CT molecular complexity index is 775. The van der Waals surface area contributed by atoms with Gasteiger partial charge in [-0.15, -0.1) is 0 Å². The summed E-state index contributed by atoms with van der Waals surface area (Å²) in [6.45, 7) is 0. The quantitative estimate of drug-likeness (QED) is 0.645. The van der Waals surface area contributed by atoms with Crippen LogP contribution in [-0.2, 0) is 0 Å². The van der Waals surface area contributed by atoms with Gasteiger partial charge in [-0.05, 0) is 24.3 Å². The molecule has 8 heteroatoms. The zero-order valence-electron chi connectivity index (χ0n) is 13.4. The maximum Gasteiger partial charge on any atom is 0.296 e. The Morgan fingerprint density at radius 2 is 1.62 bits per heavy atom. The number of rotatable bonds is 6. The van der Waals surface area contributed by atoms with Crippen molar-refractivity contribution in [2.75, 3.05) is 26.6 Å². The zero-order valence-corrected chi connectivity index (χ0v) is 13.4. The van der Waals surface area contributed by atoms with Gasteiger partial charge in [0.05, 0.1) is 37.9 Å². The van der Waals surface area contributed by atoms with Crippen molar-refractivity contribution in [3.8, 4) is 17.2 Å². The standard InChI is InChI=1S/C16H16N2O6/c1-22-10-5-7-13(14(8-10)18(20)21)17-16(19)12-6-4-11(23-2)9-15(12)24-3/h4-9H,1-3H3,(H,17,19). The van der Waals surface area contributed by atoms with Gasteiger partial charge in [-0.25, -0.2) is 0 Å². The van der Waals surface area contributed by atoms with E-state index in [9.17, 15) is 14.9 Å².